The summed E-state index contributed by atoms with van der Waals surface area (Å²) in [6, 6.07) is 2.27. The molecule has 1 aromatic rings. The Morgan fingerprint density at radius 3 is 2.55 bits per heavy atom. The van der Waals surface area contributed by atoms with Crippen molar-refractivity contribution in [1.29, 1.82) is 0 Å². The molecular weight excluding hydrogens is 284 g/mol. The standard InChI is InChI=1S/C14H19F2NO2S/c1-20(18)8-7-19-14-10-13(11(15)9-12(14)16)17-5-3-2-4-6-17/h9-10H,2-8H2,1H3/t20-/m0/s1. The van der Waals surface area contributed by atoms with Gasteiger partial charge in [0.1, 0.15) is 5.82 Å². The van der Waals surface area contributed by atoms with Crippen LogP contribution in [-0.4, -0.2) is 35.9 Å². The summed E-state index contributed by atoms with van der Waals surface area (Å²) >= 11 is 0. The molecule has 0 unspecified atom stereocenters. The molecule has 0 N–H and O–H groups in total. The fourth-order valence-electron chi connectivity index (χ4n) is 2.28. The monoisotopic (exact) mass is 303 g/mol. The molecule has 0 saturated carbocycles. The molecule has 1 aromatic carbocycles. The van der Waals surface area contributed by atoms with E-state index in [2.05, 4.69) is 0 Å². The van der Waals surface area contributed by atoms with Crippen molar-refractivity contribution in [2.24, 2.45) is 0 Å². The van der Waals surface area contributed by atoms with E-state index in [1.54, 1.807) is 6.26 Å². The summed E-state index contributed by atoms with van der Waals surface area (Å²) < 4.78 is 43.8. The molecule has 0 radical (unpaired) electrons. The number of piperidine rings is 1. The smallest absolute Gasteiger partial charge is 0.168 e. The van der Waals surface area contributed by atoms with E-state index in [1.165, 1.54) is 6.07 Å². The molecule has 1 atom stereocenters. The van der Waals surface area contributed by atoms with E-state index < -0.39 is 22.4 Å². The molecule has 0 bridgehead atoms. The van der Waals surface area contributed by atoms with Crippen LogP contribution in [0.5, 0.6) is 5.75 Å². The third-order valence-electron chi connectivity index (χ3n) is 3.33. The molecule has 1 aliphatic rings. The number of hydrogen-bond donors (Lipinski definition) is 0. The number of anilines is 1. The van der Waals surface area contributed by atoms with Crippen molar-refractivity contribution in [2.45, 2.75) is 19.3 Å². The van der Waals surface area contributed by atoms with Gasteiger partial charge in [0.15, 0.2) is 11.6 Å². The van der Waals surface area contributed by atoms with Crippen LogP contribution in [0.25, 0.3) is 0 Å². The molecule has 1 heterocycles. The van der Waals surface area contributed by atoms with E-state index in [1.807, 2.05) is 4.90 Å². The molecule has 6 heteroatoms. The molecule has 20 heavy (non-hydrogen) atoms. The van der Waals surface area contributed by atoms with Crippen LogP contribution in [0.4, 0.5) is 14.5 Å². The first-order valence-electron chi connectivity index (χ1n) is 6.75. The summed E-state index contributed by atoms with van der Waals surface area (Å²) in [7, 11) is -0.992. The van der Waals surface area contributed by atoms with E-state index in [0.717, 1.165) is 38.4 Å². The molecule has 2 rings (SSSR count). The first kappa shape index (κ1) is 15.2. The quantitative estimate of drug-likeness (QED) is 0.837. The van der Waals surface area contributed by atoms with Gasteiger partial charge in [-0.05, 0) is 19.3 Å². The van der Waals surface area contributed by atoms with E-state index in [0.29, 0.717) is 11.4 Å². The van der Waals surface area contributed by atoms with Crippen LogP contribution in [0.3, 0.4) is 0 Å². The van der Waals surface area contributed by atoms with Gasteiger partial charge in [0.2, 0.25) is 0 Å². The lowest BCUT2D eigenvalue weighted by molar-refractivity contribution is 0.322. The Morgan fingerprint density at radius 2 is 1.90 bits per heavy atom. The molecule has 0 spiro atoms. The number of nitrogens with zero attached hydrogens (tertiary/aromatic N) is 1. The second kappa shape index (κ2) is 7.02. The fourth-order valence-corrected chi connectivity index (χ4v) is 2.59. The van der Waals surface area contributed by atoms with E-state index in [9.17, 15) is 13.0 Å². The fraction of sp³-hybridized carbons (Fsp3) is 0.571. The number of rotatable bonds is 5. The lowest BCUT2D eigenvalue weighted by Gasteiger charge is -2.29. The minimum absolute atomic E-state index is 0.0254. The Labute approximate surface area is 120 Å². The third-order valence-corrected chi connectivity index (χ3v) is 4.07. The van der Waals surface area contributed by atoms with E-state index >= 15 is 0 Å². The van der Waals surface area contributed by atoms with Crippen molar-refractivity contribution in [3.8, 4) is 5.75 Å². The minimum atomic E-state index is -0.992. The van der Waals surface area contributed by atoms with Crippen LogP contribution in [0.2, 0.25) is 0 Å². The number of halogens is 2. The summed E-state index contributed by atoms with van der Waals surface area (Å²) in [5.74, 6) is -0.922. The predicted molar refractivity (Wildman–Crippen MR) is 76.9 cm³/mol. The zero-order valence-corrected chi connectivity index (χ0v) is 12.3. The Kier molecular flexibility index (Phi) is 5.34. The minimum Gasteiger partial charge on any atom is -0.489 e. The first-order chi connectivity index (χ1) is 9.58. The SMILES string of the molecule is C[S@](=O)CCOc1cc(N2CCCCC2)c(F)cc1F. The number of hydrogen-bond acceptors (Lipinski definition) is 3. The average molecular weight is 303 g/mol. The van der Waals surface area contributed by atoms with Gasteiger partial charge in [-0.3, -0.25) is 4.21 Å². The second-order valence-corrected chi connectivity index (χ2v) is 6.46. The summed E-state index contributed by atoms with van der Waals surface area (Å²) in [6.45, 7) is 1.72. The average Bonchev–Trinajstić information content (AvgIpc) is 2.42. The van der Waals surface area contributed by atoms with Gasteiger partial charge in [-0.1, -0.05) is 0 Å². The van der Waals surface area contributed by atoms with Crippen molar-refractivity contribution in [2.75, 3.05) is 36.6 Å². The predicted octanol–water partition coefficient (Wildman–Crippen LogP) is 2.71. The van der Waals surface area contributed by atoms with Gasteiger partial charge in [-0.2, -0.15) is 0 Å². The second-order valence-electron chi connectivity index (χ2n) is 4.91. The molecule has 0 amide bonds. The van der Waals surface area contributed by atoms with Crippen molar-refractivity contribution in [3.05, 3.63) is 23.8 Å². The molecule has 3 nitrogen and oxygen atoms in total. The van der Waals surface area contributed by atoms with Crippen LogP contribution in [0.1, 0.15) is 19.3 Å². The Morgan fingerprint density at radius 1 is 1.20 bits per heavy atom. The van der Waals surface area contributed by atoms with Gasteiger partial charge in [0.25, 0.3) is 0 Å². The first-order valence-corrected chi connectivity index (χ1v) is 8.47. The highest BCUT2D eigenvalue weighted by Crippen LogP contribution is 2.30. The molecule has 1 aliphatic heterocycles. The van der Waals surface area contributed by atoms with Crippen LogP contribution < -0.4 is 9.64 Å². The maximum absolute atomic E-state index is 13.9. The van der Waals surface area contributed by atoms with Crippen LogP contribution in [-0.2, 0) is 10.8 Å². The van der Waals surface area contributed by atoms with E-state index in [4.69, 9.17) is 4.74 Å². The summed E-state index contributed by atoms with van der Waals surface area (Å²) in [4.78, 5) is 1.92. The summed E-state index contributed by atoms with van der Waals surface area (Å²) in [5, 5.41) is 0. The Bertz CT molecular complexity index is 490. The van der Waals surface area contributed by atoms with Gasteiger partial charge in [-0.15, -0.1) is 0 Å². The highest BCUT2D eigenvalue weighted by atomic mass is 32.2. The number of ether oxygens (including phenoxy) is 1. The lowest BCUT2D eigenvalue weighted by atomic mass is 10.1. The molecule has 1 saturated heterocycles. The van der Waals surface area contributed by atoms with Crippen LogP contribution >= 0.6 is 0 Å². The summed E-state index contributed by atoms with van der Waals surface area (Å²) in [5.41, 5.74) is 0.388. The van der Waals surface area contributed by atoms with Crippen molar-refractivity contribution in [1.82, 2.24) is 0 Å². The third kappa shape index (κ3) is 3.91. The van der Waals surface area contributed by atoms with Crippen molar-refractivity contribution in [3.63, 3.8) is 0 Å². The maximum Gasteiger partial charge on any atom is 0.168 e. The van der Waals surface area contributed by atoms with Gasteiger partial charge in [-0.25, -0.2) is 8.78 Å². The zero-order chi connectivity index (χ0) is 14.5. The Balaban J connectivity index is 2.13. The van der Waals surface area contributed by atoms with Crippen LogP contribution in [0, 0.1) is 11.6 Å². The molecule has 1 fully saturated rings. The maximum atomic E-state index is 13.9. The van der Waals surface area contributed by atoms with Crippen LogP contribution in [0.15, 0.2) is 12.1 Å². The molecule has 0 aromatic heterocycles. The molecular formula is C14H19F2NO2S. The Hall–Kier alpha value is -1.17. The van der Waals surface area contributed by atoms with Crippen molar-refractivity contribution < 1.29 is 17.7 Å². The largest absolute Gasteiger partial charge is 0.489 e. The van der Waals surface area contributed by atoms with Gasteiger partial charge < -0.3 is 9.64 Å². The zero-order valence-electron chi connectivity index (χ0n) is 11.5. The van der Waals surface area contributed by atoms with Crippen molar-refractivity contribution >= 4 is 16.5 Å². The van der Waals surface area contributed by atoms with E-state index in [-0.39, 0.29) is 12.4 Å². The highest BCUT2D eigenvalue weighted by Gasteiger charge is 2.18. The summed E-state index contributed by atoms with van der Waals surface area (Å²) in [6.07, 6.45) is 4.73. The van der Waals surface area contributed by atoms with Gasteiger partial charge in [0.05, 0.1) is 18.0 Å². The highest BCUT2D eigenvalue weighted by molar-refractivity contribution is 7.84. The topological polar surface area (TPSA) is 29.5 Å². The number of benzene rings is 1. The normalized spacial score (nSPS) is 17.1. The van der Waals surface area contributed by atoms with Gasteiger partial charge in [0, 0.05) is 42.3 Å². The molecule has 112 valence electrons. The lowest BCUT2D eigenvalue weighted by Crippen LogP contribution is -2.30. The molecule has 0 aliphatic carbocycles. The van der Waals surface area contributed by atoms with Gasteiger partial charge >= 0.3 is 0 Å².